The Morgan fingerprint density at radius 1 is 1.50 bits per heavy atom. The molecule has 1 aromatic heterocycles. The Hall–Kier alpha value is -2.01. The number of anilines is 1. The highest BCUT2D eigenvalue weighted by atomic mass is 35.5. The van der Waals surface area contributed by atoms with Crippen molar-refractivity contribution >= 4 is 23.2 Å². The number of benzene rings is 1. The Kier molecular flexibility index (Phi) is 4.63. The third-order valence-corrected chi connectivity index (χ3v) is 3.05. The lowest BCUT2D eigenvalue weighted by Gasteiger charge is -2.17. The second-order valence-corrected chi connectivity index (χ2v) is 4.74. The molecule has 106 valence electrons. The van der Waals surface area contributed by atoms with Crippen LogP contribution in [0.15, 0.2) is 36.7 Å². The molecule has 2 aromatic rings. The molecule has 0 saturated carbocycles. The van der Waals surface area contributed by atoms with E-state index in [1.54, 1.807) is 36.3 Å². The van der Waals surface area contributed by atoms with Gasteiger partial charge < -0.3 is 10.1 Å². The number of carbonyl (C=O) groups excluding carboxylic acids is 1. The highest BCUT2D eigenvalue weighted by molar-refractivity contribution is 6.32. The van der Waals surface area contributed by atoms with Crippen LogP contribution in [0.25, 0.3) is 0 Å². The Morgan fingerprint density at radius 2 is 2.25 bits per heavy atom. The van der Waals surface area contributed by atoms with E-state index in [0.29, 0.717) is 22.9 Å². The summed E-state index contributed by atoms with van der Waals surface area (Å²) in [5.41, 5.74) is 0.638. The van der Waals surface area contributed by atoms with Gasteiger partial charge in [-0.2, -0.15) is 5.10 Å². The minimum Gasteiger partial charge on any atom is -0.479 e. The molecule has 0 aliphatic carbocycles. The molecule has 6 heteroatoms. The maximum Gasteiger partial charge on any atom is 0.265 e. The molecule has 1 amide bonds. The predicted molar refractivity (Wildman–Crippen MR) is 78.0 cm³/mol. The summed E-state index contributed by atoms with van der Waals surface area (Å²) in [6, 6.07) is 7.09. The largest absolute Gasteiger partial charge is 0.479 e. The molecule has 0 unspecified atom stereocenters. The van der Waals surface area contributed by atoms with Crippen molar-refractivity contribution in [2.75, 3.05) is 5.32 Å². The minimum absolute atomic E-state index is 0.222. The van der Waals surface area contributed by atoms with Crippen LogP contribution in [0.3, 0.4) is 0 Å². The highest BCUT2D eigenvalue weighted by Gasteiger charge is 2.19. The molecule has 0 aliphatic heterocycles. The first kappa shape index (κ1) is 14.4. The normalized spacial score (nSPS) is 11.9. The van der Waals surface area contributed by atoms with Crippen LogP contribution in [0.1, 0.15) is 13.3 Å². The third kappa shape index (κ3) is 3.51. The van der Waals surface area contributed by atoms with E-state index in [9.17, 15) is 4.79 Å². The van der Waals surface area contributed by atoms with Gasteiger partial charge in [-0.3, -0.25) is 9.48 Å². The molecule has 0 fully saturated rings. The standard InChI is InChI=1S/C14H16ClN3O2/c1-3-12(20-13-7-5-4-6-11(13)15)14(19)17-10-8-16-18(2)9-10/h4-9,12H,3H2,1-2H3,(H,17,19)/t12-/m0/s1. The van der Waals surface area contributed by atoms with Gasteiger partial charge in [-0.15, -0.1) is 0 Å². The number of aromatic nitrogens is 2. The van der Waals surface area contributed by atoms with Gasteiger partial charge >= 0.3 is 0 Å². The third-order valence-electron chi connectivity index (χ3n) is 2.74. The first-order chi connectivity index (χ1) is 9.60. The lowest BCUT2D eigenvalue weighted by atomic mass is 10.2. The van der Waals surface area contributed by atoms with Gasteiger partial charge in [-0.05, 0) is 18.6 Å². The van der Waals surface area contributed by atoms with Crippen LogP contribution in [0.2, 0.25) is 5.02 Å². The molecular weight excluding hydrogens is 278 g/mol. The molecule has 0 saturated heterocycles. The molecule has 0 bridgehead atoms. The fourth-order valence-corrected chi connectivity index (χ4v) is 1.90. The number of rotatable bonds is 5. The number of ether oxygens (including phenoxy) is 1. The summed E-state index contributed by atoms with van der Waals surface area (Å²) in [4.78, 5) is 12.2. The van der Waals surface area contributed by atoms with E-state index in [-0.39, 0.29) is 5.91 Å². The van der Waals surface area contributed by atoms with Crippen LogP contribution in [-0.2, 0) is 11.8 Å². The molecule has 0 aliphatic rings. The van der Waals surface area contributed by atoms with E-state index in [0.717, 1.165) is 0 Å². The molecule has 1 N–H and O–H groups in total. The first-order valence-electron chi connectivity index (χ1n) is 6.31. The Morgan fingerprint density at radius 3 is 2.85 bits per heavy atom. The van der Waals surface area contributed by atoms with Crippen LogP contribution in [0, 0.1) is 0 Å². The lowest BCUT2D eigenvalue weighted by Crippen LogP contribution is -2.32. The molecule has 5 nitrogen and oxygen atoms in total. The number of nitrogens with one attached hydrogen (secondary N) is 1. The molecule has 0 radical (unpaired) electrons. The van der Waals surface area contributed by atoms with Gasteiger partial charge in [0.2, 0.25) is 0 Å². The zero-order valence-electron chi connectivity index (χ0n) is 11.3. The van der Waals surface area contributed by atoms with E-state index in [1.807, 2.05) is 19.1 Å². The van der Waals surface area contributed by atoms with E-state index in [4.69, 9.17) is 16.3 Å². The Labute approximate surface area is 122 Å². The van der Waals surface area contributed by atoms with Crippen molar-refractivity contribution in [2.45, 2.75) is 19.4 Å². The van der Waals surface area contributed by atoms with Gasteiger partial charge in [0.1, 0.15) is 5.75 Å². The summed E-state index contributed by atoms with van der Waals surface area (Å²) in [5, 5.41) is 7.24. The summed E-state index contributed by atoms with van der Waals surface area (Å²) >= 11 is 6.02. The lowest BCUT2D eigenvalue weighted by molar-refractivity contribution is -0.122. The van der Waals surface area contributed by atoms with E-state index in [1.165, 1.54) is 0 Å². The number of nitrogens with zero attached hydrogens (tertiary/aromatic N) is 2. The molecule has 2 rings (SSSR count). The van der Waals surface area contributed by atoms with Crippen molar-refractivity contribution in [1.82, 2.24) is 9.78 Å². The molecule has 1 atom stereocenters. The van der Waals surface area contributed by atoms with Crippen molar-refractivity contribution in [3.63, 3.8) is 0 Å². The number of amides is 1. The fraction of sp³-hybridized carbons (Fsp3) is 0.286. The number of halogens is 1. The number of para-hydroxylation sites is 1. The van der Waals surface area contributed by atoms with Crippen molar-refractivity contribution in [1.29, 1.82) is 0 Å². The zero-order chi connectivity index (χ0) is 14.5. The smallest absolute Gasteiger partial charge is 0.265 e. The van der Waals surface area contributed by atoms with E-state index >= 15 is 0 Å². The molecule has 0 spiro atoms. The second kappa shape index (κ2) is 6.43. The summed E-state index contributed by atoms with van der Waals surface area (Å²) < 4.78 is 7.28. The van der Waals surface area contributed by atoms with Gasteiger partial charge in [-0.1, -0.05) is 30.7 Å². The summed E-state index contributed by atoms with van der Waals surface area (Å²) in [6.07, 6.45) is 3.24. The van der Waals surface area contributed by atoms with Gasteiger partial charge in [0.25, 0.3) is 5.91 Å². The minimum atomic E-state index is -0.602. The zero-order valence-corrected chi connectivity index (χ0v) is 12.1. The summed E-state index contributed by atoms with van der Waals surface area (Å²) in [5.74, 6) is 0.280. The van der Waals surface area contributed by atoms with Crippen molar-refractivity contribution in [3.8, 4) is 5.75 Å². The molecule has 20 heavy (non-hydrogen) atoms. The SMILES string of the molecule is CC[C@H](Oc1ccccc1Cl)C(=O)Nc1cnn(C)c1. The van der Waals surface area contributed by atoms with E-state index in [2.05, 4.69) is 10.4 Å². The second-order valence-electron chi connectivity index (χ2n) is 4.34. The van der Waals surface area contributed by atoms with Gasteiger partial charge in [0, 0.05) is 13.2 Å². The van der Waals surface area contributed by atoms with Crippen LogP contribution in [0.4, 0.5) is 5.69 Å². The average Bonchev–Trinajstić information content (AvgIpc) is 2.83. The highest BCUT2D eigenvalue weighted by Crippen LogP contribution is 2.25. The summed E-state index contributed by atoms with van der Waals surface area (Å²) in [6.45, 7) is 1.88. The van der Waals surface area contributed by atoms with Gasteiger partial charge in [-0.25, -0.2) is 0 Å². The topological polar surface area (TPSA) is 56.1 Å². The van der Waals surface area contributed by atoms with E-state index < -0.39 is 6.10 Å². The van der Waals surface area contributed by atoms with Crippen molar-refractivity contribution in [3.05, 3.63) is 41.7 Å². The first-order valence-corrected chi connectivity index (χ1v) is 6.68. The quantitative estimate of drug-likeness (QED) is 0.922. The Balaban J connectivity index is 2.04. The number of aryl methyl sites for hydroxylation is 1. The van der Waals surface area contributed by atoms with Crippen molar-refractivity contribution < 1.29 is 9.53 Å². The number of carbonyl (C=O) groups is 1. The average molecular weight is 294 g/mol. The van der Waals surface area contributed by atoms with Crippen LogP contribution >= 0.6 is 11.6 Å². The predicted octanol–water partition coefficient (Wildman–Crippen LogP) is 2.87. The molecule has 1 aromatic carbocycles. The molecule has 1 heterocycles. The number of hydrogen-bond acceptors (Lipinski definition) is 3. The van der Waals surface area contributed by atoms with Crippen LogP contribution in [-0.4, -0.2) is 21.8 Å². The Bertz CT molecular complexity index is 598. The maximum atomic E-state index is 12.2. The monoisotopic (exact) mass is 293 g/mol. The van der Waals surface area contributed by atoms with Gasteiger partial charge in [0.15, 0.2) is 6.10 Å². The van der Waals surface area contributed by atoms with Gasteiger partial charge in [0.05, 0.1) is 16.9 Å². The fourth-order valence-electron chi connectivity index (χ4n) is 1.72. The van der Waals surface area contributed by atoms with Crippen LogP contribution in [0.5, 0.6) is 5.75 Å². The number of hydrogen-bond donors (Lipinski definition) is 1. The van der Waals surface area contributed by atoms with Crippen molar-refractivity contribution in [2.24, 2.45) is 7.05 Å². The maximum absolute atomic E-state index is 12.2. The summed E-state index contributed by atoms with van der Waals surface area (Å²) in [7, 11) is 1.78. The van der Waals surface area contributed by atoms with Crippen LogP contribution < -0.4 is 10.1 Å². The molecular formula is C14H16ClN3O2.